The molecule has 0 saturated carbocycles. The van der Waals surface area contributed by atoms with Crippen LogP contribution in [-0.2, 0) is 27.2 Å². The Labute approximate surface area is 158 Å². The van der Waals surface area contributed by atoms with Gasteiger partial charge in [-0.15, -0.1) is 0 Å². The molecule has 0 amide bonds. The van der Waals surface area contributed by atoms with E-state index in [4.69, 9.17) is 9.47 Å². The lowest BCUT2D eigenvalue weighted by Gasteiger charge is -2.18. The van der Waals surface area contributed by atoms with Crippen LogP contribution >= 0.6 is 0 Å². The number of benzene rings is 2. The molecule has 1 heterocycles. The number of carbonyl (C=O) groups excluding carboxylic acids is 2. The van der Waals surface area contributed by atoms with Crippen LogP contribution in [0.3, 0.4) is 0 Å². The molecular formula is C22H23NO4. The zero-order chi connectivity index (χ0) is 19.2. The molecule has 0 spiro atoms. The zero-order valence-corrected chi connectivity index (χ0v) is 15.6. The van der Waals surface area contributed by atoms with Crippen LogP contribution in [0.2, 0.25) is 0 Å². The fraction of sp³-hybridized carbons (Fsp3) is 0.273. The van der Waals surface area contributed by atoms with Crippen LogP contribution in [0, 0.1) is 5.92 Å². The van der Waals surface area contributed by atoms with Gasteiger partial charge in [0, 0.05) is 17.4 Å². The summed E-state index contributed by atoms with van der Waals surface area (Å²) in [5.41, 5.74) is 2.50. The smallest absolute Gasteiger partial charge is 0.354 e. The molecule has 2 aromatic carbocycles. The van der Waals surface area contributed by atoms with Crippen LogP contribution in [0.1, 0.15) is 22.5 Å². The summed E-state index contributed by atoms with van der Waals surface area (Å²) >= 11 is 0. The molecule has 1 unspecified atom stereocenters. The lowest BCUT2D eigenvalue weighted by molar-refractivity contribution is -0.146. The van der Waals surface area contributed by atoms with Gasteiger partial charge in [0.15, 0.2) is 0 Å². The van der Waals surface area contributed by atoms with Crippen molar-refractivity contribution >= 4 is 22.8 Å². The first-order valence-corrected chi connectivity index (χ1v) is 8.92. The maximum Gasteiger partial charge on any atom is 0.354 e. The summed E-state index contributed by atoms with van der Waals surface area (Å²) in [4.78, 5) is 24.6. The van der Waals surface area contributed by atoms with Gasteiger partial charge in [-0.25, -0.2) is 4.79 Å². The molecule has 1 atom stereocenters. The van der Waals surface area contributed by atoms with Crippen molar-refractivity contribution in [1.82, 2.24) is 4.57 Å². The van der Waals surface area contributed by atoms with Crippen molar-refractivity contribution < 1.29 is 19.1 Å². The van der Waals surface area contributed by atoms with E-state index >= 15 is 0 Å². The Morgan fingerprint density at radius 3 is 2.37 bits per heavy atom. The van der Waals surface area contributed by atoms with Gasteiger partial charge in [-0.2, -0.15) is 0 Å². The molecule has 0 bridgehead atoms. The second-order valence-electron chi connectivity index (χ2n) is 6.43. The molecule has 0 radical (unpaired) electrons. The highest BCUT2D eigenvalue weighted by Gasteiger charge is 2.24. The van der Waals surface area contributed by atoms with Crippen molar-refractivity contribution in [2.24, 2.45) is 5.92 Å². The van der Waals surface area contributed by atoms with E-state index in [-0.39, 0.29) is 11.9 Å². The standard InChI is InChI=1S/C22H23NO4/c1-26-21(24)18(13-12-16-8-4-3-5-9-16)15-23-19-11-7-6-10-17(19)14-20(23)22(25)27-2/h3-11,14,18H,12-13,15H2,1-2H3. The van der Waals surface area contributed by atoms with Crippen molar-refractivity contribution in [3.8, 4) is 0 Å². The summed E-state index contributed by atoms with van der Waals surface area (Å²) in [6.45, 7) is 0.359. The third kappa shape index (κ3) is 4.19. The van der Waals surface area contributed by atoms with Crippen molar-refractivity contribution in [3.05, 3.63) is 71.9 Å². The number of esters is 2. The quantitative estimate of drug-likeness (QED) is 0.597. The summed E-state index contributed by atoms with van der Waals surface area (Å²) in [7, 11) is 2.75. The van der Waals surface area contributed by atoms with Gasteiger partial charge in [0.05, 0.1) is 20.1 Å². The number of aryl methyl sites for hydroxylation is 1. The third-order valence-corrected chi connectivity index (χ3v) is 4.77. The molecule has 0 aliphatic carbocycles. The number of hydrogen-bond donors (Lipinski definition) is 0. The Kier molecular flexibility index (Phi) is 5.91. The van der Waals surface area contributed by atoms with Crippen LogP contribution in [0.4, 0.5) is 0 Å². The third-order valence-electron chi connectivity index (χ3n) is 4.77. The Bertz CT molecular complexity index is 930. The predicted molar refractivity (Wildman–Crippen MR) is 104 cm³/mol. The van der Waals surface area contributed by atoms with E-state index in [1.165, 1.54) is 14.2 Å². The van der Waals surface area contributed by atoms with Crippen molar-refractivity contribution in [2.45, 2.75) is 19.4 Å². The molecule has 1 aromatic heterocycles. The summed E-state index contributed by atoms with van der Waals surface area (Å²) in [6.07, 6.45) is 1.39. The summed E-state index contributed by atoms with van der Waals surface area (Å²) < 4.78 is 11.8. The minimum absolute atomic E-state index is 0.278. The van der Waals surface area contributed by atoms with Gasteiger partial charge in [0.1, 0.15) is 5.69 Å². The first kappa shape index (κ1) is 18.7. The largest absolute Gasteiger partial charge is 0.469 e. The van der Waals surface area contributed by atoms with E-state index in [9.17, 15) is 9.59 Å². The Hall–Kier alpha value is -3.08. The highest BCUT2D eigenvalue weighted by Crippen LogP contribution is 2.24. The minimum atomic E-state index is -0.419. The molecule has 0 fully saturated rings. The first-order valence-electron chi connectivity index (χ1n) is 8.92. The van der Waals surface area contributed by atoms with E-state index < -0.39 is 5.97 Å². The Morgan fingerprint density at radius 2 is 1.67 bits per heavy atom. The van der Waals surface area contributed by atoms with E-state index in [0.29, 0.717) is 18.7 Å². The summed E-state index contributed by atoms with van der Waals surface area (Å²) in [6, 6.07) is 19.5. The van der Waals surface area contributed by atoms with Gasteiger partial charge in [-0.1, -0.05) is 48.5 Å². The molecule has 0 saturated heterocycles. The van der Waals surface area contributed by atoms with E-state index in [1.807, 2.05) is 59.2 Å². The normalized spacial score (nSPS) is 11.9. The SMILES string of the molecule is COC(=O)c1cc2ccccc2n1CC(CCc1ccccc1)C(=O)OC. The molecule has 3 rings (SSSR count). The average molecular weight is 365 g/mol. The number of rotatable bonds is 7. The number of ether oxygens (including phenoxy) is 2. The highest BCUT2D eigenvalue weighted by atomic mass is 16.5. The summed E-state index contributed by atoms with van der Waals surface area (Å²) in [5, 5.41) is 0.935. The number of nitrogens with zero attached hydrogens (tertiary/aromatic N) is 1. The lowest BCUT2D eigenvalue weighted by Crippen LogP contribution is -2.24. The van der Waals surface area contributed by atoms with Crippen LogP contribution < -0.4 is 0 Å². The molecule has 27 heavy (non-hydrogen) atoms. The lowest BCUT2D eigenvalue weighted by atomic mass is 9.99. The van der Waals surface area contributed by atoms with Gasteiger partial charge >= 0.3 is 11.9 Å². The van der Waals surface area contributed by atoms with Crippen LogP contribution in [0.5, 0.6) is 0 Å². The molecule has 5 nitrogen and oxygen atoms in total. The van der Waals surface area contributed by atoms with Crippen molar-refractivity contribution in [1.29, 1.82) is 0 Å². The van der Waals surface area contributed by atoms with Crippen LogP contribution in [-0.4, -0.2) is 30.7 Å². The highest BCUT2D eigenvalue weighted by molar-refractivity contribution is 5.95. The van der Waals surface area contributed by atoms with Gasteiger partial charge in [-0.05, 0) is 30.5 Å². The maximum absolute atomic E-state index is 12.4. The van der Waals surface area contributed by atoms with Gasteiger partial charge in [-0.3, -0.25) is 4.79 Å². The number of fused-ring (bicyclic) bond motifs is 1. The molecule has 0 N–H and O–H groups in total. The first-order chi connectivity index (χ1) is 13.1. The van der Waals surface area contributed by atoms with Crippen LogP contribution in [0.15, 0.2) is 60.7 Å². The van der Waals surface area contributed by atoms with Gasteiger partial charge < -0.3 is 14.0 Å². The van der Waals surface area contributed by atoms with E-state index in [0.717, 1.165) is 22.9 Å². The van der Waals surface area contributed by atoms with Crippen LogP contribution in [0.25, 0.3) is 10.9 Å². The second kappa shape index (κ2) is 8.54. The summed E-state index contributed by atoms with van der Waals surface area (Å²) in [5.74, 6) is -1.06. The number of para-hydroxylation sites is 1. The van der Waals surface area contributed by atoms with Crippen molar-refractivity contribution in [3.63, 3.8) is 0 Å². The van der Waals surface area contributed by atoms with Gasteiger partial charge in [0.2, 0.25) is 0 Å². The van der Waals surface area contributed by atoms with E-state index in [1.54, 1.807) is 6.07 Å². The number of hydrogen-bond acceptors (Lipinski definition) is 4. The maximum atomic E-state index is 12.4. The second-order valence-corrected chi connectivity index (χ2v) is 6.43. The molecular weight excluding hydrogens is 342 g/mol. The van der Waals surface area contributed by atoms with Gasteiger partial charge in [0.25, 0.3) is 0 Å². The zero-order valence-electron chi connectivity index (χ0n) is 15.6. The fourth-order valence-corrected chi connectivity index (χ4v) is 3.34. The average Bonchev–Trinajstić information content (AvgIpc) is 3.09. The Balaban J connectivity index is 1.91. The monoisotopic (exact) mass is 365 g/mol. The molecule has 140 valence electrons. The Morgan fingerprint density at radius 1 is 0.963 bits per heavy atom. The molecule has 0 aliphatic rings. The molecule has 3 aromatic rings. The molecule has 0 aliphatic heterocycles. The number of methoxy groups -OCH3 is 2. The predicted octanol–water partition coefficient (Wildman–Crippen LogP) is 3.85. The topological polar surface area (TPSA) is 57.5 Å². The number of aromatic nitrogens is 1. The molecule has 5 heteroatoms. The van der Waals surface area contributed by atoms with Crippen molar-refractivity contribution in [2.75, 3.05) is 14.2 Å². The fourth-order valence-electron chi connectivity index (χ4n) is 3.34. The van der Waals surface area contributed by atoms with E-state index in [2.05, 4.69) is 0 Å². The minimum Gasteiger partial charge on any atom is -0.469 e. The number of carbonyl (C=O) groups is 2.